The molecule has 0 unspecified atom stereocenters. The molecule has 1 nitrogen and oxygen atoms in total. The largest absolute Gasteiger partial charge is 0.198 e. The third-order valence-electron chi connectivity index (χ3n) is 2.50. The highest BCUT2D eigenvalue weighted by atomic mass is 35.5. The molecule has 0 atom stereocenters. The number of hydrogen-bond donors (Lipinski definition) is 0. The average Bonchev–Trinajstić information content (AvgIpc) is 2.33. The highest BCUT2D eigenvalue weighted by Crippen LogP contribution is 2.15. The van der Waals surface area contributed by atoms with Crippen LogP contribution in [0.25, 0.3) is 0 Å². The van der Waals surface area contributed by atoms with Gasteiger partial charge in [0.25, 0.3) is 0 Å². The van der Waals surface area contributed by atoms with Gasteiger partial charge in [0, 0.05) is 5.02 Å². The first-order chi connectivity index (χ1) is 8.28. The summed E-state index contributed by atoms with van der Waals surface area (Å²) < 4.78 is 0. The third-order valence-corrected chi connectivity index (χ3v) is 2.76. The maximum atomic E-state index is 8.61. The van der Waals surface area contributed by atoms with Crippen molar-refractivity contribution in [3.05, 3.63) is 76.7 Å². The van der Waals surface area contributed by atoms with Crippen LogP contribution in [0.4, 0.5) is 0 Å². The van der Waals surface area contributed by atoms with Gasteiger partial charge in [0.1, 0.15) is 0 Å². The Bertz CT molecular complexity index is 538. The van der Waals surface area contributed by atoms with Gasteiger partial charge in [-0.05, 0) is 35.2 Å². The summed E-state index contributed by atoms with van der Waals surface area (Å²) in [7, 11) is 0. The van der Waals surface area contributed by atoms with Gasteiger partial charge in [0.2, 0.25) is 0 Å². The van der Waals surface area contributed by atoms with Crippen molar-refractivity contribution in [1.82, 2.24) is 0 Å². The van der Waals surface area contributed by atoms with Gasteiger partial charge in [-0.15, -0.1) is 0 Å². The maximum absolute atomic E-state index is 8.61. The van der Waals surface area contributed by atoms with Gasteiger partial charge < -0.3 is 0 Å². The molecule has 1 radical (unpaired) electrons. The lowest BCUT2D eigenvalue weighted by atomic mass is 10.0. The molecule has 0 amide bonds. The average molecular weight is 241 g/mol. The van der Waals surface area contributed by atoms with E-state index in [0.29, 0.717) is 0 Å². The molecule has 0 heterocycles. The van der Waals surface area contributed by atoms with E-state index < -0.39 is 0 Å². The molecule has 0 aliphatic heterocycles. The number of halogens is 1. The molecule has 0 spiro atoms. The molecule has 0 aliphatic rings. The fourth-order valence-corrected chi connectivity index (χ4v) is 1.83. The summed E-state index contributed by atoms with van der Waals surface area (Å²) in [5.41, 5.74) is 3.35. The van der Waals surface area contributed by atoms with Crippen LogP contribution in [0, 0.1) is 17.8 Å². The molecule has 0 aliphatic carbocycles. The summed E-state index contributed by atoms with van der Waals surface area (Å²) in [4.78, 5) is 0. The SMILES string of the molecule is N#C[CH]c1cccc(Cc2ccc(Cl)cc2)c1. The minimum Gasteiger partial charge on any atom is -0.198 e. The van der Waals surface area contributed by atoms with Crippen molar-refractivity contribution >= 4 is 11.6 Å². The molecule has 2 aromatic carbocycles. The molecular formula is C15H11ClN. The highest BCUT2D eigenvalue weighted by molar-refractivity contribution is 6.30. The summed E-state index contributed by atoms with van der Waals surface area (Å²) in [6, 6.07) is 17.8. The van der Waals surface area contributed by atoms with Crippen molar-refractivity contribution in [2.75, 3.05) is 0 Å². The number of rotatable bonds is 3. The second kappa shape index (κ2) is 5.52. The van der Waals surface area contributed by atoms with Crippen LogP contribution in [0.2, 0.25) is 5.02 Å². The minimum atomic E-state index is 0.750. The smallest absolute Gasteiger partial charge is 0.0912 e. The molecule has 2 heteroatoms. The van der Waals surface area contributed by atoms with Crippen LogP contribution >= 0.6 is 11.6 Å². The fraction of sp³-hybridized carbons (Fsp3) is 0.0667. The third kappa shape index (κ3) is 3.34. The fourth-order valence-electron chi connectivity index (χ4n) is 1.71. The maximum Gasteiger partial charge on any atom is 0.0912 e. The van der Waals surface area contributed by atoms with Gasteiger partial charge in [-0.25, -0.2) is 0 Å². The van der Waals surface area contributed by atoms with Crippen molar-refractivity contribution in [3.63, 3.8) is 0 Å². The monoisotopic (exact) mass is 240 g/mol. The molecule has 0 saturated carbocycles. The van der Waals surface area contributed by atoms with Crippen LogP contribution in [0.3, 0.4) is 0 Å². The van der Waals surface area contributed by atoms with E-state index in [4.69, 9.17) is 16.9 Å². The van der Waals surface area contributed by atoms with Crippen LogP contribution in [0.5, 0.6) is 0 Å². The molecule has 0 bridgehead atoms. The van der Waals surface area contributed by atoms with Crippen LogP contribution in [0.1, 0.15) is 16.7 Å². The zero-order valence-electron chi connectivity index (χ0n) is 9.23. The van der Waals surface area contributed by atoms with Crippen molar-refractivity contribution in [1.29, 1.82) is 5.26 Å². The zero-order chi connectivity index (χ0) is 12.1. The van der Waals surface area contributed by atoms with Crippen LogP contribution < -0.4 is 0 Å². The van der Waals surface area contributed by atoms with E-state index in [1.54, 1.807) is 6.42 Å². The van der Waals surface area contributed by atoms with Crippen LogP contribution in [-0.4, -0.2) is 0 Å². The van der Waals surface area contributed by atoms with Gasteiger partial charge in [-0.2, -0.15) is 5.26 Å². The number of benzene rings is 2. The van der Waals surface area contributed by atoms with Crippen molar-refractivity contribution in [2.45, 2.75) is 6.42 Å². The Balaban J connectivity index is 2.16. The Morgan fingerprint density at radius 1 is 1.06 bits per heavy atom. The Hall–Kier alpha value is -1.78. The number of nitrogens with zero attached hydrogens (tertiary/aromatic N) is 1. The summed E-state index contributed by atoms with van der Waals surface area (Å²) in [6.45, 7) is 0. The zero-order valence-corrected chi connectivity index (χ0v) is 9.98. The first-order valence-electron chi connectivity index (χ1n) is 5.34. The van der Waals surface area contributed by atoms with Crippen LogP contribution in [0.15, 0.2) is 48.5 Å². The summed E-state index contributed by atoms with van der Waals surface area (Å²) >= 11 is 5.84. The Kier molecular flexibility index (Phi) is 3.80. The molecule has 0 fully saturated rings. The minimum absolute atomic E-state index is 0.750. The van der Waals surface area contributed by atoms with E-state index in [1.165, 1.54) is 11.1 Å². The van der Waals surface area contributed by atoms with Gasteiger partial charge >= 0.3 is 0 Å². The van der Waals surface area contributed by atoms with Gasteiger partial charge in [-0.3, -0.25) is 0 Å². The topological polar surface area (TPSA) is 23.8 Å². The molecular weight excluding hydrogens is 230 g/mol. The van der Waals surface area contributed by atoms with E-state index in [0.717, 1.165) is 17.0 Å². The van der Waals surface area contributed by atoms with E-state index in [-0.39, 0.29) is 0 Å². The second-order valence-corrected chi connectivity index (χ2v) is 4.26. The molecule has 17 heavy (non-hydrogen) atoms. The summed E-state index contributed by atoms with van der Waals surface area (Å²) in [5, 5.41) is 9.36. The molecule has 2 rings (SSSR count). The quantitative estimate of drug-likeness (QED) is 0.795. The van der Waals surface area contributed by atoms with Crippen molar-refractivity contribution in [2.24, 2.45) is 0 Å². The van der Waals surface area contributed by atoms with E-state index in [2.05, 4.69) is 6.07 Å². The van der Waals surface area contributed by atoms with Gasteiger partial charge in [-0.1, -0.05) is 48.0 Å². The first-order valence-corrected chi connectivity index (χ1v) is 5.72. The standard InChI is InChI=1S/C15H11ClN/c16-15-6-4-13(5-7-15)11-14-3-1-2-12(10-14)8-9-17/h1-8,10H,11H2. The molecule has 0 saturated heterocycles. The number of hydrogen-bond acceptors (Lipinski definition) is 1. The first kappa shape index (κ1) is 11.7. The predicted molar refractivity (Wildman–Crippen MR) is 69.7 cm³/mol. The summed E-state index contributed by atoms with van der Waals surface area (Å²) in [6.07, 6.45) is 2.40. The van der Waals surface area contributed by atoms with E-state index in [1.807, 2.05) is 48.5 Å². The lowest BCUT2D eigenvalue weighted by Crippen LogP contribution is -1.89. The number of nitriles is 1. The Morgan fingerprint density at radius 2 is 1.82 bits per heavy atom. The normalized spacial score (nSPS) is 9.88. The van der Waals surface area contributed by atoms with Crippen molar-refractivity contribution < 1.29 is 0 Å². The molecule has 2 aromatic rings. The lowest BCUT2D eigenvalue weighted by Gasteiger charge is -2.03. The second-order valence-electron chi connectivity index (χ2n) is 3.82. The van der Waals surface area contributed by atoms with E-state index in [9.17, 15) is 0 Å². The van der Waals surface area contributed by atoms with Gasteiger partial charge in [0.05, 0.1) is 12.5 Å². The highest BCUT2D eigenvalue weighted by Gasteiger charge is 1.98. The Morgan fingerprint density at radius 3 is 2.53 bits per heavy atom. The summed E-state index contributed by atoms with van der Waals surface area (Å²) in [5.74, 6) is 0. The van der Waals surface area contributed by atoms with Crippen LogP contribution in [-0.2, 0) is 6.42 Å². The Labute approximate surface area is 106 Å². The molecule has 0 aromatic heterocycles. The van der Waals surface area contributed by atoms with Gasteiger partial charge in [0.15, 0.2) is 0 Å². The van der Waals surface area contributed by atoms with E-state index >= 15 is 0 Å². The molecule has 83 valence electrons. The van der Waals surface area contributed by atoms with Crippen molar-refractivity contribution in [3.8, 4) is 6.07 Å². The molecule has 0 N–H and O–H groups in total. The lowest BCUT2D eigenvalue weighted by molar-refractivity contribution is 1.19. The predicted octanol–water partition coefficient (Wildman–Crippen LogP) is 4.01.